The van der Waals surface area contributed by atoms with Crippen LogP contribution in [0.15, 0.2) is 90.3 Å². The van der Waals surface area contributed by atoms with Crippen LogP contribution in [0.3, 0.4) is 0 Å². The number of rotatable bonds is 13. The molecule has 3 aromatic carbocycles. The predicted molar refractivity (Wildman–Crippen MR) is 146 cm³/mol. The SMILES string of the molecule is COCCNC(=O)c1csc(CN(CCC(c2ccccc2)c2ccccc2)Cc2ccccc2F)n1. The number of hydrogen-bond donors (Lipinski definition) is 1. The van der Waals surface area contributed by atoms with Crippen molar-refractivity contribution in [2.24, 2.45) is 0 Å². The van der Waals surface area contributed by atoms with Crippen LogP contribution < -0.4 is 5.32 Å². The Morgan fingerprint density at radius 2 is 1.62 bits per heavy atom. The minimum atomic E-state index is -0.215. The van der Waals surface area contributed by atoms with Gasteiger partial charge in [-0.25, -0.2) is 9.37 Å². The average molecular weight is 518 g/mol. The van der Waals surface area contributed by atoms with Gasteiger partial charge in [0.1, 0.15) is 16.5 Å². The van der Waals surface area contributed by atoms with E-state index in [0.717, 1.165) is 18.0 Å². The average Bonchev–Trinajstić information content (AvgIpc) is 3.40. The van der Waals surface area contributed by atoms with Gasteiger partial charge in [0.25, 0.3) is 5.91 Å². The molecule has 1 heterocycles. The number of nitrogens with one attached hydrogen (secondary N) is 1. The first kappa shape index (κ1) is 26.7. The Labute approximate surface area is 221 Å². The highest BCUT2D eigenvalue weighted by molar-refractivity contribution is 7.09. The van der Waals surface area contributed by atoms with Crippen molar-refractivity contribution in [1.82, 2.24) is 15.2 Å². The maximum atomic E-state index is 14.6. The molecular weight excluding hydrogens is 485 g/mol. The van der Waals surface area contributed by atoms with Crippen molar-refractivity contribution in [1.29, 1.82) is 0 Å². The Morgan fingerprint density at radius 3 is 2.27 bits per heavy atom. The van der Waals surface area contributed by atoms with E-state index in [2.05, 4.69) is 63.7 Å². The summed E-state index contributed by atoms with van der Waals surface area (Å²) in [4.78, 5) is 19.2. The molecule has 0 unspecified atom stereocenters. The summed E-state index contributed by atoms with van der Waals surface area (Å²) >= 11 is 1.45. The summed E-state index contributed by atoms with van der Waals surface area (Å²) in [6, 6.07) is 27.9. The highest BCUT2D eigenvalue weighted by Crippen LogP contribution is 2.29. The van der Waals surface area contributed by atoms with Gasteiger partial charge in [-0.15, -0.1) is 11.3 Å². The van der Waals surface area contributed by atoms with E-state index in [-0.39, 0.29) is 17.6 Å². The van der Waals surface area contributed by atoms with E-state index in [0.29, 0.717) is 37.5 Å². The molecule has 4 aromatic rings. The molecule has 0 aliphatic carbocycles. The summed E-state index contributed by atoms with van der Waals surface area (Å²) in [6.45, 7) is 2.60. The number of halogens is 1. The van der Waals surface area contributed by atoms with Gasteiger partial charge in [0.15, 0.2) is 0 Å². The van der Waals surface area contributed by atoms with Crippen molar-refractivity contribution in [2.75, 3.05) is 26.8 Å². The lowest BCUT2D eigenvalue weighted by Crippen LogP contribution is -2.28. The van der Waals surface area contributed by atoms with Crippen LogP contribution in [0.2, 0.25) is 0 Å². The van der Waals surface area contributed by atoms with Crippen LogP contribution >= 0.6 is 11.3 Å². The fourth-order valence-electron chi connectivity index (χ4n) is 4.33. The largest absolute Gasteiger partial charge is 0.383 e. The molecule has 0 saturated heterocycles. The molecule has 0 aliphatic rings. The van der Waals surface area contributed by atoms with Crippen molar-refractivity contribution in [3.63, 3.8) is 0 Å². The standard InChI is InChI=1S/C30H32FN3O2S/c1-36-19-17-32-30(35)28-22-37-29(33-28)21-34(20-25-14-8-9-15-27(25)31)18-16-26(23-10-4-2-5-11-23)24-12-6-3-7-13-24/h2-15,22,26H,16-21H2,1H3,(H,32,35). The Morgan fingerprint density at radius 1 is 0.973 bits per heavy atom. The lowest BCUT2D eigenvalue weighted by Gasteiger charge is -2.25. The van der Waals surface area contributed by atoms with Crippen molar-refractivity contribution >= 4 is 17.2 Å². The van der Waals surface area contributed by atoms with Gasteiger partial charge in [0.2, 0.25) is 0 Å². The monoisotopic (exact) mass is 517 g/mol. The Kier molecular flexibility index (Phi) is 9.94. The molecule has 1 amide bonds. The minimum absolute atomic E-state index is 0.212. The first-order valence-corrected chi connectivity index (χ1v) is 13.3. The summed E-state index contributed by atoms with van der Waals surface area (Å²) in [5.74, 6) is -0.218. The Bertz CT molecular complexity index is 1210. The molecule has 0 fully saturated rings. The molecule has 0 atom stereocenters. The number of ether oxygens (including phenoxy) is 1. The number of carbonyl (C=O) groups is 1. The van der Waals surface area contributed by atoms with E-state index in [1.165, 1.54) is 28.5 Å². The highest BCUT2D eigenvalue weighted by Gasteiger charge is 2.19. The molecular formula is C30H32FN3O2S. The number of nitrogens with zero attached hydrogens (tertiary/aromatic N) is 2. The van der Waals surface area contributed by atoms with E-state index in [9.17, 15) is 9.18 Å². The second-order valence-corrected chi connectivity index (χ2v) is 9.78. The topological polar surface area (TPSA) is 54.5 Å². The number of hydrogen-bond acceptors (Lipinski definition) is 5. The quantitative estimate of drug-likeness (QED) is 0.225. The van der Waals surface area contributed by atoms with E-state index in [1.54, 1.807) is 18.6 Å². The molecule has 0 radical (unpaired) electrons. The number of methoxy groups -OCH3 is 1. The minimum Gasteiger partial charge on any atom is -0.383 e. The molecule has 5 nitrogen and oxygen atoms in total. The van der Waals surface area contributed by atoms with Crippen LogP contribution in [-0.4, -0.2) is 42.6 Å². The third-order valence-electron chi connectivity index (χ3n) is 6.22. The normalized spacial score (nSPS) is 11.2. The summed E-state index contributed by atoms with van der Waals surface area (Å²) in [7, 11) is 1.59. The Hall–Kier alpha value is -3.39. The first-order valence-electron chi connectivity index (χ1n) is 12.4. The summed E-state index contributed by atoms with van der Waals surface area (Å²) in [5.41, 5.74) is 3.55. The fraction of sp³-hybridized carbons (Fsp3) is 0.267. The van der Waals surface area contributed by atoms with Crippen LogP contribution in [0.1, 0.15) is 44.5 Å². The van der Waals surface area contributed by atoms with Crippen molar-refractivity contribution in [2.45, 2.75) is 25.4 Å². The number of amides is 1. The van der Waals surface area contributed by atoms with E-state index < -0.39 is 0 Å². The highest BCUT2D eigenvalue weighted by atomic mass is 32.1. The van der Waals surface area contributed by atoms with E-state index >= 15 is 0 Å². The van der Waals surface area contributed by atoms with Crippen molar-refractivity contribution < 1.29 is 13.9 Å². The maximum absolute atomic E-state index is 14.6. The zero-order chi connectivity index (χ0) is 25.9. The van der Waals surface area contributed by atoms with Gasteiger partial charge >= 0.3 is 0 Å². The van der Waals surface area contributed by atoms with Gasteiger partial charge in [-0.2, -0.15) is 0 Å². The second-order valence-electron chi connectivity index (χ2n) is 8.84. The van der Waals surface area contributed by atoms with E-state index in [4.69, 9.17) is 4.74 Å². The fourth-order valence-corrected chi connectivity index (χ4v) is 5.14. The third-order valence-corrected chi connectivity index (χ3v) is 7.06. The molecule has 0 bridgehead atoms. The van der Waals surface area contributed by atoms with Crippen LogP contribution in [0, 0.1) is 5.82 Å². The molecule has 0 saturated carbocycles. The molecule has 1 N–H and O–H groups in total. The molecule has 4 rings (SSSR count). The van der Waals surface area contributed by atoms with Gasteiger partial charge < -0.3 is 10.1 Å². The summed E-state index contributed by atoms with van der Waals surface area (Å²) in [6.07, 6.45) is 0.859. The van der Waals surface area contributed by atoms with Crippen LogP contribution in [0.4, 0.5) is 4.39 Å². The molecule has 37 heavy (non-hydrogen) atoms. The predicted octanol–water partition coefficient (Wildman–Crippen LogP) is 5.88. The zero-order valence-corrected chi connectivity index (χ0v) is 21.8. The lowest BCUT2D eigenvalue weighted by atomic mass is 9.88. The summed E-state index contributed by atoms with van der Waals surface area (Å²) in [5, 5.41) is 5.40. The van der Waals surface area contributed by atoms with Gasteiger partial charge in [-0.1, -0.05) is 78.9 Å². The number of benzene rings is 3. The zero-order valence-electron chi connectivity index (χ0n) is 21.0. The molecule has 7 heteroatoms. The van der Waals surface area contributed by atoms with Gasteiger partial charge in [-0.3, -0.25) is 9.69 Å². The van der Waals surface area contributed by atoms with Gasteiger partial charge in [0, 0.05) is 37.1 Å². The van der Waals surface area contributed by atoms with E-state index in [1.807, 2.05) is 24.3 Å². The lowest BCUT2D eigenvalue weighted by molar-refractivity contribution is 0.0932. The summed E-state index contributed by atoms with van der Waals surface area (Å²) < 4.78 is 19.6. The third kappa shape index (κ3) is 7.79. The van der Waals surface area contributed by atoms with Gasteiger partial charge in [-0.05, 0) is 30.2 Å². The van der Waals surface area contributed by atoms with Crippen LogP contribution in [-0.2, 0) is 17.8 Å². The molecule has 1 aromatic heterocycles. The first-order chi connectivity index (χ1) is 18.1. The molecule has 0 aliphatic heterocycles. The molecule has 0 spiro atoms. The second kappa shape index (κ2) is 13.8. The van der Waals surface area contributed by atoms with Crippen LogP contribution in [0.25, 0.3) is 0 Å². The number of thiazole rings is 1. The number of aromatic nitrogens is 1. The van der Waals surface area contributed by atoms with Crippen molar-refractivity contribution in [3.8, 4) is 0 Å². The van der Waals surface area contributed by atoms with Crippen molar-refractivity contribution in [3.05, 3.63) is 124 Å². The number of carbonyl (C=O) groups excluding carboxylic acids is 1. The Balaban J connectivity index is 1.52. The van der Waals surface area contributed by atoms with Gasteiger partial charge in [0.05, 0.1) is 13.2 Å². The smallest absolute Gasteiger partial charge is 0.270 e. The van der Waals surface area contributed by atoms with Crippen LogP contribution in [0.5, 0.6) is 0 Å². The molecule has 192 valence electrons. The maximum Gasteiger partial charge on any atom is 0.270 e.